The molecule has 1 fully saturated rings. The van der Waals surface area contributed by atoms with Gasteiger partial charge in [0.05, 0.1) is 18.1 Å². The minimum atomic E-state index is -0.467. The molecule has 0 aromatic rings. The van der Waals surface area contributed by atoms with Gasteiger partial charge in [-0.1, -0.05) is 36.5 Å². The van der Waals surface area contributed by atoms with Crippen molar-refractivity contribution in [3.63, 3.8) is 0 Å². The van der Waals surface area contributed by atoms with Crippen LogP contribution in [0.25, 0.3) is 0 Å². The van der Waals surface area contributed by atoms with Gasteiger partial charge in [0.2, 0.25) is 5.91 Å². The van der Waals surface area contributed by atoms with Crippen LogP contribution in [0.3, 0.4) is 0 Å². The van der Waals surface area contributed by atoms with E-state index in [1.807, 2.05) is 24.4 Å². The molecule has 0 aromatic carbocycles. The summed E-state index contributed by atoms with van der Waals surface area (Å²) in [4.78, 5) is 14.9. The number of likely N-dealkylation sites (tertiary alicyclic amines) is 1. The van der Waals surface area contributed by atoms with Gasteiger partial charge in [-0.05, 0) is 37.1 Å². The third-order valence-corrected chi connectivity index (χ3v) is 6.40. The number of hydrogen-bond donors (Lipinski definition) is 2. The number of amides is 1. The van der Waals surface area contributed by atoms with E-state index in [9.17, 15) is 9.18 Å². The lowest BCUT2D eigenvalue weighted by molar-refractivity contribution is -0.127. The van der Waals surface area contributed by atoms with Crippen molar-refractivity contribution in [2.75, 3.05) is 40.0 Å². The summed E-state index contributed by atoms with van der Waals surface area (Å²) in [5.41, 5.74) is 0.763. The van der Waals surface area contributed by atoms with Gasteiger partial charge in [-0.25, -0.2) is 4.39 Å². The summed E-state index contributed by atoms with van der Waals surface area (Å²) in [6.45, 7) is 6.56. The van der Waals surface area contributed by atoms with Gasteiger partial charge in [-0.2, -0.15) is 0 Å². The summed E-state index contributed by atoms with van der Waals surface area (Å²) >= 11 is 0. The molecule has 3 aliphatic rings. The lowest BCUT2D eigenvalue weighted by Crippen LogP contribution is -2.53. The van der Waals surface area contributed by atoms with Crippen molar-refractivity contribution in [3.8, 4) is 0 Å². The van der Waals surface area contributed by atoms with E-state index in [0.717, 1.165) is 44.5 Å². The molecule has 3 atom stereocenters. The lowest BCUT2D eigenvalue weighted by atomic mass is 9.76. The molecule has 3 heterocycles. The van der Waals surface area contributed by atoms with Crippen molar-refractivity contribution in [1.82, 2.24) is 15.5 Å². The van der Waals surface area contributed by atoms with Gasteiger partial charge in [0, 0.05) is 38.6 Å². The highest BCUT2D eigenvalue weighted by molar-refractivity contribution is 5.78. The van der Waals surface area contributed by atoms with Gasteiger partial charge >= 0.3 is 0 Å². The van der Waals surface area contributed by atoms with Crippen LogP contribution in [-0.4, -0.2) is 62.4 Å². The SMILES string of the molecule is C=CC1C=C(/C=C\CF)COC12CCN(CC(CC1C=CC=CN1)C(=O)NC)CC2. The van der Waals surface area contributed by atoms with Crippen molar-refractivity contribution in [1.29, 1.82) is 0 Å². The zero-order chi connectivity index (χ0) is 21.4. The highest BCUT2D eigenvalue weighted by Gasteiger charge is 2.43. The Balaban J connectivity index is 1.59. The Morgan fingerprint density at radius 2 is 2.27 bits per heavy atom. The summed E-state index contributed by atoms with van der Waals surface area (Å²) < 4.78 is 18.8. The fraction of sp³-hybridized carbons (Fsp3) is 0.542. The zero-order valence-electron chi connectivity index (χ0n) is 17.9. The Bertz CT molecular complexity index is 720. The van der Waals surface area contributed by atoms with E-state index < -0.39 is 6.67 Å². The molecule has 3 unspecified atom stereocenters. The fourth-order valence-electron chi connectivity index (χ4n) is 4.65. The average Bonchev–Trinajstić information content (AvgIpc) is 2.79. The molecule has 30 heavy (non-hydrogen) atoms. The van der Waals surface area contributed by atoms with E-state index in [-0.39, 0.29) is 29.4 Å². The molecule has 6 heteroatoms. The minimum Gasteiger partial charge on any atom is -0.385 e. The van der Waals surface area contributed by atoms with Gasteiger partial charge in [0.15, 0.2) is 0 Å². The van der Waals surface area contributed by atoms with E-state index in [0.29, 0.717) is 6.61 Å². The van der Waals surface area contributed by atoms with E-state index in [1.54, 1.807) is 13.1 Å². The first-order chi connectivity index (χ1) is 14.6. The maximum atomic E-state index is 12.5. The van der Waals surface area contributed by atoms with Crippen LogP contribution in [0.2, 0.25) is 0 Å². The third kappa shape index (κ3) is 5.49. The van der Waals surface area contributed by atoms with Crippen molar-refractivity contribution < 1.29 is 13.9 Å². The first-order valence-electron chi connectivity index (χ1n) is 10.8. The number of allylic oxidation sites excluding steroid dienone is 3. The normalized spacial score (nSPS) is 26.9. The smallest absolute Gasteiger partial charge is 0.224 e. The predicted octanol–water partition coefficient (Wildman–Crippen LogP) is 2.90. The molecule has 1 saturated heterocycles. The molecule has 3 aliphatic heterocycles. The molecule has 1 amide bonds. The number of nitrogens with one attached hydrogen (secondary N) is 2. The first-order valence-corrected chi connectivity index (χ1v) is 10.8. The Hall–Kier alpha value is -2.18. The summed E-state index contributed by atoms with van der Waals surface area (Å²) in [6.07, 6.45) is 18.0. The van der Waals surface area contributed by atoms with Crippen molar-refractivity contribution >= 4 is 5.91 Å². The standard InChI is InChI=1S/C24H34FN3O2/c1-3-21-15-19(7-6-11-25)18-30-24(21)9-13-28(14-10-24)17-20(23(29)26-2)16-22-8-4-5-12-27-22/h3-8,12,15,20-22,27H,1,9-11,13-14,16-18H2,2H3,(H,26,29)/b7-6-. The van der Waals surface area contributed by atoms with Crippen LogP contribution in [-0.2, 0) is 9.53 Å². The van der Waals surface area contributed by atoms with Crippen LogP contribution in [0.15, 0.2) is 60.9 Å². The summed E-state index contributed by atoms with van der Waals surface area (Å²) in [6, 6.07) is 0.182. The van der Waals surface area contributed by atoms with Crippen LogP contribution in [0.1, 0.15) is 19.3 Å². The zero-order valence-corrected chi connectivity index (χ0v) is 17.9. The van der Waals surface area contributed by atoms with E-state index in [1.165, 1.54) is 6.08 Å². The van der Waals surface area contributed by atoms with Crippen LogP contribution in [0.4, 0.5) is 4.39 Å². The highest BCUT2D eigenvalue weighted by atomic mass is 19.1. The van der Waals surface area contributed by atoms with E-state index >= 15 is 0 Å². The molecular weight excluding hydrogens is 381 g/mol. The molecule has 0 radical (unpaired) electrons. The molecule has 3 rings (SSSR count). The van der Waals surface area contributed by atoms with Crippen molar-refractivity contribution in [3.05, 3.63) is 60.9 Å². The number of piperidine rings is 1. The van der Waals surface area contributed by atoms with Crippen LogP contribution < -0.4 is 10.6 Å². The van der Waals surface area contributed by atoms with E-state index in [2.05, 4.69) is 34.3 Å². The third-order valence-electron chi connectivity index (χ3n) is 6.40. The lowest BCUT2D eigenvalue weighted by Gasteiger charge is -2.47. The number of nitrogens with zero attached hydrogens (tertiary/aromatic N) is 1. The second kappa shape index (κ2) is 10.7. The topological polar surface area (TPSA) is 53.6 Å². The maximum absolute atomic E-state index is 12.5. The number of carbonyl (C=O) groups is 1. The number of ether oxygens (including phenoxy) is 1. The van der Waals surface area contributed by atoms with Gasteiger partial charge in [0.25, 0.3) is 0 Å². The van der Waals surface area contributed by atoms with Gasteiger partial charge in [0.1, 0.15) is 6.67 Å². The molecule has 0 aliphatic carbocycles. The predicted molar refractivity (Wildman–Crippen MR) is 119 cm³/mol. The van der Waals surface area contributed by atoms with Gasteiger partial charge in [-0.3, -0.25) is 4.79 Å². The number of alkyl halides is 1. The molecule has 1 spiro atoms. The first kappa shape index (κ1) is 22.5. The molecule has 0 saturated carbocycles. The van der Waals surface area contributed by atoms with Crippen LogP contribution in [0.5, 0.6) is 0 Å². The van der Waals surface area contributed by atoms with Crippen molar-refractivity contribution in [2.24, 2.45) is 11.8 Å². The highest BCUT2D eigenvalue weighted by Crippen LogP contribution is 2.39. The number of hydrogen-bond acceptors (Lipinski definition) is 4. The molecule has 0 bridgehead atoms. The van der Waals surface area contributed by atoms with Crippen molar-refractivity contribution in [2.45, 2.75) is 30.9 Å². The minimum absolute atomic E-state index is 0.0717. The monoisotopic (exact) mass is 415 g/mol. The summed E-state index contributed by atoms with van der Waals surface area (Å²) in [5, 5.41) is 6.14. The fourth-order valence-corrected chi connectivity index (χ4v) is 4.65. The number of dihydropyridines is 1. The second-order valence-electron chi connectivity index (χ2n) is 8.28. The number of halogens is 1. The molecular formula is C24H34FN3O2. The largest absolute Gasteiger partial charge is 0.385 e. The Morgan fingerprint density at radius 1 is 1.47 bits per heavy atom. The molecule has 164 valence electrons. The number of carbonyl (C=O) groups excluding carboxylic acids is 1. The van der Waals surface area contributed by atoms with Gasteiger partial charge in [-0.15, -0.1) is 6.58 Å². The Kier molecular flexibility index (Phi) is 8.05. The van der Waals surface area contributed by atoms with Gasteiger partial charge < -0.3 is 20.3 Å². The summed E-state index contributed by atoms with van der Waals surface area (Å²) in [7, 11) is 1.70. The van der Waals surface area contributed by atoms with E-state index in [4.69, 9.17) is 4.74 Å². The number of rotatable bonds is 8. The summed E-state index contributed by atoms with van der Waals surface area (Å²) in [5.74, 6) is 0.133. The van der Waals surface area contributed by atoms with Crippen LogP contribution >= 0.6 is 0 Å². The molecule has 2 N–H and O–H groups in total. The molecule has 5 nitrogen and oxygen atoms in total. The Labute approximate surface area is 179 Å². The maximum Gasteiger partial charge on any atom is 0.224 e. The second-order valence-corrected chi connectivity index (χ2v) is 8.28. The molecule has 0 aromatic heterocycles. The quantitative estimate of drug-likeness (QED) is 0.599. The average molecular weight is 416 g/mol. The van der Waals surface area contributed by atoms with Crippen LogP contribution in [0, 0.1) is 11.8 Å². The Morgan fingerprint density at radius 3 is 2.90 bits per heavy atom.